The lowest BCUT2D eigenvalue weighted by molar-refractivity contribution is 1.08. The predicted octanol–water partition coefficient (Wildman–Crippen LogP) is -0.663. The summed E-state index contributed by atoms with van der Waals surface area (Å²) in [6.07, 6.45) is 1.51. The first kappa shape index (κ1) is 8.42. The number of rotatable bonds is 1. The molecule has 0 atom stereocenters. The Kier molecular flexibility index (Phi) is 1.77. The van der Waals surface area contributed by atoms with Gasteiger partial charge in [-0.05, 0) is 0 Å². The SMILES string of the molecule is CNc1ncc2c(N)[nH]c(=O)nc2n1. The molecule has 0 unspecified atom stereocenters. The molecule has 0 aromatic carbocycles. The molecule has 2 rings (SSSR count). The average molecular weight is 192 g/mol. The van der Waals surface area contributed by atoms with E-state index >= 15 is 0 Å². The molecule has 2 aromatic rings. The van der Waals surface area contributed by atoms with Gasteiger partial charge in [-0.2, -0.15) is 9.97 Å². The Labute approximate surface area is 78.4 Å². The zero-order chi connectivity index (χ0) is 10.1. The van der Waals surface area contributed by atoms with Gasteiger partial charge in [0.15, 0.2) is 5.65 Å². The van der Waals surface area contributed by atoms with Gasteiger partial charge < -0.3 is 11.1 Å². The van der Waals surface area contributed by atoms with Crippen molar-refractivity contribution in [3.8, 4) is 0 Å². The van der Waals surface area contributed by atoms with E-state index in [0.29, 0.717) is 11.3 Å². The number of hydrogen-bond donors (Lipinski definition) is 3. The smallest absolute Gasteiger partial charge is 0.348 e. The van der Waals surface area contributed by atoms with Crippen LogP contribution >= 0.6 is 0 Å². The number of H-pyrrole nitrogens is 1. The highest BCUT2D eigenvalue weighted by Gasteiger charge is 2.04. The van der Waals surface area contributed by atoms with Crippen molar-refractivity contribution in [2.75, 3.05) is 18.1 Å². The van der Waals surface area contributed by atoms with E-state index in [4.69, 9.17) is 5.73 Å². The van der Waals surface area contributed by atoms with Gasteiger partial charge in [0.05, 0.1) is 5.39 Å². The molecule has 2 heterocycles. The fourth-order valence-electron chi connectivity index (χ4n) is 1.08. The normalized spacial score (nSPS) is 10.4. The number of nitrogens with two attached hydrogens (primary N) is 1. The molecule has 0 radical (unpaired) electrons. The zero-order valence-electron chi connectivity index (χ0n) is 7.40. The summed E-state index contributed by atoms with van der Waals surface area (Å²) in [5.41, 5.74) is 5.32. The Morgan fingerprint density at radius 3 is 3.00 bits per heavy atom. The van der Waals surface area contributed by atoms with E-state index in [1.165, 1.54) is 6.20 Å². The first-order chi connectivity index (χ1) is 6.70. The van der Waals surface area contributed by atoms with E-state index in [1.54, 1.807) is 7.05 Å². The number of aromatic nitrogens is 4. The standard InChI is InChI=1S/C7H8N6O/c1-9-6-10-2-3-4(8)11-7(14)13-5(3)12-6/h2H,1H3,(H4,8,9,10,11,12,13,14). The molecule has 0 aliphatic heterocycles. The maximum atomic E-state index is 11.0. The van der Waals surface area contributed by atoms with Crippen LogP contribution in [0.1, 0.15) is 0 Å². The van der Waals surface area contributed by atoms with Crippen LogP contribution in [-0.2, 0) is 0 Å². The summed E-state index contributed by atoms with van der Waals surface area (Å²) in [6.45, 7) is 0. The fraction of sp³-hybridized carbons (Fsp3) is 0.143. The van der Waals surface area contributed by atoms with Crippen LogP contribution in [0, 0.1) is 0 Å². The van der Waals surface area contributed by atoms with Crippen molar-refractivity contribution in [3.05, 3.63) is 16.7 Å². The summed E-state index contributed by atoms with van der Waals surface area (Å²) in [4.78, 5) is 24.9. The van der Waals surface area contributed by atoms with E-state index in [9.17, 15) is 4.79 Å². The Bertz CT molecular complexity index is 533. The van der Waals surface area contributed by atoms with Crippen LogP contribution in [0.2, 0.25) is 0 Å². The van der Waals surface area contributed by atoms with Crippen molar-refractivity contribution in [1.82, 2.24) is 19.9 Å². The number of nitrogen functional groups attached to an aromatic ring is 1. The molecular weight excluding hydrogens is 184 g/mol. The molecule has 2 aromatic heterocycles. The molecule has 0 spiro atoms. The Balaban J connectivity index is 2.82. The summed E-state index contributed by atoms with van der Waals surface area (Å²) in [5, 5.41) is 3.27. The summed E-state index contributed by atoms with van der Waals surface area (Å²) in [6, 6.07) is 0. The van der Waals surface area contributed by atoms with Gasteiger partial charge in [0.25, 0.3) is 0 Å². The maximum absolute atomic E-state index is 11.0. The van der Waals surface area contributed by atoms with E-state index in [1.807, 2.05) is 0 Å². The molecule has 0 saturated carbocycles. The molecule has 0 bridgehead atoms. The van der Waals surface area contributed by atoms with Crippen LogP contribution in [0.4, 0.5) is 11.8 Å². The molecule has 7 nitrogen and oxygen atoms in total. The predicted molar refractivity (Wildman–Crippen MR) is 51.9 cm³/mol. The van der Waals surface area contributed by atoms with Crippen molar-refractivity contribution in [2.24, 2.45) is 0 Å². The minimum absolute atomic E-state index is 0.225. The molecular formula is C7H8N6O. The largest absolute Gasteiger partial charge is 0.384 e. The first-order valence-corrected chi connectivity index (χ1v) is 3.91. The quantitative estimate of drug-likeness (QED) is 0.553. The molecule has 0 fully saturated rings. The lowest BCUT2D eigenvalue weighted by Gasteiger charge is -2.01. The van der Waals surface area contributed by atoms with Gasteiger partial charge in [-0.3, -0.25) is 4.98 Å². The van der Waals surface area contributed by atoms with Crippen LogP contribution < -0.4 is 16.7 Å². The van der Waals surface area contributed by atoms with E-state index < -0.39 is 5.69 Å². The Morgan fingerprint density at radius 2 is 2.29 bits per heavy atom. The molecule has 4 N–H and O–H groups in total. The average Bonchev–Trinajstić information content (AvgIpc) is 2.16. The number of anilines is 2. The van der Waals surface area contributed by atoms with Crippen LogP contribution in [0.5, 0.6) is 0 Å². The highest BCUT2D eigenvalue weighted by molar-refractivity contribution is 5.84. The van der Waals surface area contributed by atoms with Crippen molar-refractivity contribution < 1.29 is 0 Å². The van der Waals surface area contributed by atoms with Crippen LogP contribution in [0.15, 0.2) is 11.0 Å². The van der Waals surface area contributed by atoms with E-state index in [0.717, 1.165) is 0 Å². The minimum atomic E-state index is -0.518. The van der Waals surface area contributed by atoms with Gasteiger partial charge in [0.1, 0.15) is 5.82 Å². The third-order valence-corrected chi connectivity index (χ3v) is 1.73. The van der Waals surface area contributed by atoms with Gasteiger partial charge in [-0.1, -0.05) is 0 Å². The first-order valence-electron chi connectivity index (χ1n) is 3.91. The molecule has 0 aliphatic carbocycles. The summed E-state index contributed by atoms with van der Waals surface area (Å²) in [5.74, 6) is 0.623. The number of nitrogens with one attached hydrogen (secondary N) is 2. The van der Waals surface area contributed by atoms with Crippen molar-refractivity contribution in [3.63, 3.8) is 0 Å². The second-order valence-corrected chi connectivity index (χ2v) is 2.64. The maximum Gasteiger partial charge on any atom is 0.348 e. The second-order valence-electron chi connectivity index (χ2n) is 2.64. The molecule has 7 heteroatoms. The van der Waals surface area contributed by atoms with Crippen molar-refractivity contribution >= 4 is 22.8 Å². The zero-order valence-corrected chi connectivity index (χ0v) is 7.40. The Morgan fingerprint density at radius 1 is 1.50 bits per heavy atom. The third kappa shape index (κ3) is 1.24. The second kappa shape index (κ2) is 2.95. The van der Waals surface area contributed by atoms with Gasteiger partial charge in [0.2, 0.25) is 5.95 Å². The number of fused-ring (bicyclic) bond motifs is 1. The van der Waals surface area contributed by atoms with Crippen LogP contribution in [0.3, 0.4) is 0 Å². The van der Waals surface area contributed by atoms with Gasteiger partial charge in [0, 0.05) is 13.2 Å². The highest BCUT2D eigenvalue weighted by atomic mass is 16.1. The monoisotopic (exact) mass is 192 g/mol. The topological polar surface area (TPSA) is 110 Å². The lowest BCUT2D eigenvalue weighted by atomic mass is 10.4. The summed E-state index contributed by atoms with van der Waals surface area (Å²) in [7, 11) is 1.68. The lowest BCUT2D eigenvalue weighted by Crippen LogP contribution is -2.14. The van der Waals surface area contributed by atoms with Crippen LogP contribution in [0.25, 0.3) is 11.0 Å². The minimum Gasteiger partial charge on any atom is -0.384 e. The Hall–Kier alpha value is -2.18. The summed E-state index contributed by atoms with van der Waals surface area (Å²) < 4.78 is 0. The van der Waals surface area contributed by atoms with Crippen molar-refractivity contribution in [1.29, 1.82) is 0 Å². The number of aromatic amines is 1. The van der Waals surface area contributed by atoms with E-state index in [2.05, 4.69) is 25.3 Å². The number of nitrogens with zero attached hydrogens (tertiary/aromatic N) is 3. The molecule has 0 amide bonds. The molecule has 0 saturated heterocycles. The third-order valence-electron chi connectivity index (χ3n) is 1.73. The van der Waals surface area contributed by atoms with Gasteiger partial charge in [-0.25, -0.2) is 9.78 Å². The fourth-order valence-corrected chi connectivity index (χ4v) is 1.08. The van der Waals surface area contributed by atoms with Crippen molar-refractivity contribution in [2.45, 2.75) is 0 Å². The molecule has 14 heavy (non-hydrogen) atoms. The van der Waals surface area contributed by atoms with Gasteiger partial charge in [-0.15, -0.1) is 0 Å². The van der Waals surface area contributed by atoms with E-state index in [-0.39, 0.29) is 11.5 Å². The molecule has 0 aliphatic rings. The summed E-state index contributed by atoms with van der Waals surface area (Å²) >= 11 is 0. The number of hydrogen-bond acceptors (Lipinski definition) is 6. The van der Waals surface area contributed by atoms with Crippen LogP contribution in [-0.4, -0.2) is 27.0 Å². The van der Waals surface area contributed by atoms with Gasteiger partial charge >= 0.3 is 5.69 Å². The molecule has 72 valence electrons. The highest BCUT2D eigenvalue weighted by Crippen LogP contribution is 2.12.